The number of hydrogen-bond acceptors (Lipinski definition) is 2. The average molecular weight is 133 g/mol. The van der Waals surface area contributed by atoms with Crippen LogP contribution in [0.15, 0.2) is 0 Å². The maximum atomic E-state index is 13.0. The zero-order valence-electron chi connectivity index (χ0n) is 5.52. The Morgan fingerprint density at radius 3 is 2.78 bits per heavy atom. The molecule has 9 heavy (non-hydrogen) atoms. The number of aliphatic hydroxyl groups is 1. The van der Waals surface area contributed by atoms with Gasteiger partial charge in [-0.1, -0.05) is 0 Å². The van der Waals surface area contributed by atoms with Crippen molar-refractivity contribution in [1.29, 1.82) is 0 Å². The SMILES string of the molecule is C[C@@]1(F)CNCC[C@H]1O. The quantitative estimate of drug-likeness (QED) is 0.490. The Hall–Kier alpha value is -0.150. The standard InChI is InChI=1S/C6H12FNO/c1-6(7)4-8-3-2-5(6)9/h5,8-9H,2-4H2,1H3/t5-,6-/m1/s1. The van der Waals surface area contributed by atoms with Crippen molar-refractivity contribution >= 4 is 0 Å². The molecule has 1 fully saturated rings. The Morgan fingerprint density at radius 1 is 1.78 bits per heavy atom. The van der Waals surface area contributed by atoms with Crippen LogP contribution in [0.1, 0.15) is 13.3 Å². The molecule has 3 heteroatoms. The summed E-state index contributed by atoms with van der Waals surface area (Å²) >= 11 is 0. The molecule has 0 aromatic rings. The van der Waals surface area contributed by atoms with Crippen molar-refractivity contribution in [3.05, 3.63) is 0 Å². The highest BCUT2D eigenvalue weighted by molar-refractivity contribution is 4.88. The van der Waals surface area contributed by atoms with Crippen molar-refractivity contribution in [2.24, 2.45) is 0 Å². The van der Waals surface area contributed by atoms with E-state index in [9.17, 15) is 4.39 Å². The zero-order valence-corrected chi connectivity index (χ0v) is 5.52. The summed E-state index contributed by atoms with van der Waals surface area (Å²) in [6.45, 7) is 2.42. The third-order valence-corrected chi connectivity index (χ3v) is 1.76. The van der Waals surface area contributed by atoms with E-state index in [1.807, 2.05) is 0 Å². The van der Waals surface area contributed by atoms with E-state index in [0.29, 0.717) is 6.42 Å². The van der Waals surface area contributed by atoms with Gasteiger partial charge < -0.3 is 10.4 Å². The molecule has 1 heterocycles. The summed E-state index contributed by atoms with van der Waals surface area (Å²) in [6.07, 6.45) is -0.258. The highest BCUT2D eigenvalue weighted by atomic mass is 19.1. The molecule has 1 rings (SSSR count). The van der Waals surface area contributed by atoms with Crippen molar-refractivity contribution in [2.75, 3.05) is 13.1 Å². The molecule has 2 atom stereocenters. The lowest BCUT2D eigenvalue weighted by Gasteiger charge is -2.31. The second-order valence-electron chi connectivity index (χ2n) is 2.76. The van der Waals surface area contributed by atoms with Crippen LogP contribution in [0, 0.1) is 0 Å². The summed E-state index contributed by atoms with van der Waals surface area (Å²) < 4.78 is 13.0. The Morgan fingerprint density at radius 2 is 2.44 bits per heavy atom. The molecule has 0 unspecified atom stereocenters. The molecular formula is C6H12FNO. The van der Waals surface area contributed by atoms with Gasteiger partial charge in [-0.05, 0) is 19.9 Å². The summed E-state index contributed by atoms with van der Waals surface area (Å²) in [7, 11) is 0. The van der Waals surface area contributed by atoms with Gasteiger partial charge in [0.15, 0.2) is 0 Å². The first-order valence-corrected chi connectivity index (χ1v) is 3.20. The summed E-state index contributed by atoms with van der Waals surface area (Å²) in [4.78, 5) is 0. The fourth-order valence-corrected chi connectivity index (χ4v) is 0.990. The molecule has 54 valence electrons. The lowest BCUT2D eigenvalue weighted by atomic mass is 9.95. The first-order valence-electron chi connectivity index (χ1n) is 3.20. The minimum Gasteiger partial charge on any atom is -0.390 e. The van der Waals surface area contributed by atoms with Crippen molar-refractivity contribution in [3.63, 3.8) is 0 Å². The van der Waals surface area contributed by atoms with Crippen molar-refractivity contribution in [2.45, 2.75) is 25.1 Å². The van der Waals surface area contributed by atoms with E-state index in [2.05, 4.69) is 5.32 Å². The van der Waals surface area contributed by atoms with Gasteiger partial charge in [0, 0.05) is 6.54 Å². The number of hydrogen-bond donors (Lipinski definition) is 2. The number of alkyl halides is 1. The van der Waals surface area contributed by atoms with Crippen LogP contribution in [0.2, 0.25) is 0 Å². The highest BCUT2D eigenvalue weighted by Gasteiger charge is 2.34. The van der Waals surface area contributed by atoms with Crippen LogP contribution < -0.4 is 5.32 Å². The van der Waals surface area contributed by atoms with Gasteiger partial charge in [-0.25, -0.2) is 4.39 Å². The monoisotopic (exact) mass is 133 g/mol. The van der Waals surface area contributed by atoms with Crippen molar-refractivity contribution in [1.82, 2.24) is 5.32 Å². The summed E-state index contributed by atoms with van der Waals surface area (Å²) in [6, 6.07) is 0. The van der Waals surface area contributed by atoms with E-state index in [1.54, 1.807) is 0 Å². The smallest absolute Gasteiger partial charge is 0.146 e. The largest absolute Gasteiger partial charge is 0.390 e. The zero-order chi connectivity index (χ0) is 6.91. The Kier molecular flexibility index (Phi) is 1.73. The van der Waals surface area contributed by atoms with Gasteiger partial charge in [0.2, 0.25) is 0 Å². The molecule has 0 radical (unpaired) electrons. The number of aliphatic hydroxyl groups excluding tert-OH is 1. The van der Waals surface area contributed by atoms with Crippen LogP contribution in [0.5, 0.6) is 0 Å². The maximum absolute atomic E-state index is 13.0. The molecule has 0 aromatic heterocycles. The Balaban J connectivity index is 2.49. The molecule has 2 nitrogen and oxygen atoms in total. The highest BCUT2D eigenvalue weighted by Crippen LogP contribution is 2.19. The molecule has 0 spiro atoms. The van der Waals surface area contributed by atoms with Gasteiger partial charge >= 0.3 is 0 Å². The molecule has 0 bridgehead atoms. The molecule has 0 aliphatic carbocycles. The van der Waals surface area contributed by atoms with Crippen LogP contribution in [-0.2, 0) is 0 Å². The minimum absolute atomic E-state index is 0.272. The summed E-state index contributed by atoms with van der Waals surface area (Å²) in [5.74, 6) is 0. The van der Waals surface area contributed by atoms with Gasteiger partial charge in [-0.3, -0.25) is 0 Å². The molecule has 0 saturated carbocycles. The molecule has 1 aliphatic rings. The fraction of sp³-hybridized carbons (Fsp3) is 1.00. The van der Waals surface area contributed by atoms with E-state index in [-0.39, 0.29) is 6.54 Å². The first-order chi connectivity index (χ1) is 4.13. The first kappa shape index (κ1) is 6.96. The molecule has 2 N–H and O–H groups in total. The number of rotatable bonds is 0. The number of piperidine rings is 1. The Bertz CT molecular complexity index is 105. The molecule has 0 aromatic carbocycles. The third kappa shape index (κ3) is 1.40. The van der Waals surface area contributed by atoms with E-state index in [1.165, 1.54) is 6.92 Å². The second kappa shape index (κ2) is 2.23. The van der Waals surface area contributed by atoms with E-state index >= 15 is 0 Å². The van der Waals surface area contributed by atoms with Gasteiger partial charge in [0.05, 0.1) is 6.10 Å². The lowest BCUT2D eigenvalue weighted by molar-refractivity contribution is -0.0166. The van der Waals surface area contributed by atoms with Gasteiger partial charge in [-0.15, -0.1) is 0 Å². The molecule has 0 amide bonds. The predicted molar refractivity (Wildman–Crippen MR) is 33.0 cm³/mol. The second-order valence-corrected chi connectivity index (χ2v) is 2.76. The van der Waals surface area contributed by atoms with Crippen LogP contribution in [0.3, 0.4) is 0 Å². The average Bonchev–Trinajstić information content (AvgIpc) is 1.77. The normalized spacial score (nSPS) is 45.0. The maximum Gasteiger partial charge on any atom is 0.146 e. The van der Waals surface area contributed by atoms with Crippen molar-refractivity contribution in [3.8, 4) is 0 Å². The molecule has 1 saturated heterocycles. The minimum atomic E-state index is -1.42. The van der Waals surface area contributed by atoms with Crippen LogP contribution in [0.25, 0.3) is 0 Å². The topological polar surface area (TPSA) is 32.3 Å². The number of nitrogens with one attached hydrogen (secondary N) is 1. The summed E-state index contributed by atoms with van der Waals surface area (Å²) in [5, 5.41) is 11.9. The number of halogens is 1. The predicted octanol–water partition coefficient (Wildman–Crippen LogP) is 0.0688. The van der Waals surface area contributed by atoms with Gasteiger partial charge in [0.1, 0.15) is 5.67 Å². The van der Waals surface area contributed by atoms with Crippen molar-refractivity contribution < 1.29 is 9.50 Å². The molecule has 1 aliphatic heterocycles. The van der Waals surface area contributed by atoms with E-state index < -0.39 is 11.8 Å². The van der Waals surface area contributed by atoms with E-state index in [4.69, 9.17) is 5.11 Å². The van der Waals surface area contributed by atoms with E-state index in [0.717, 1.165) is 6.54 Å². The summed E-state index contributed by atoms with van der Waals surface area (Å²) in [5.41, 5.74) is -1.42. The Labute approximate surface area is 54.1 Å². The van der Waals surface area contributed by atoms with Crippen LogP contribution in [0.4, 0.5) is 4.39 Å². The lowest BCUT2D eigenvalue weighted by Crippen LogP contribution is -2.50. The van der Waals surface area contributed by atoms with Gasteiger partial charge in [0.25, 0.3) is 0 Å². The molecular weight excluding hydrogens is 121 g/mol. The van der Waals surface area contributed by atoms with Crippen LogP contribution in [-0.4, -0.2) is 30.0 Å². The fourth-order valence-electron chi connectivity index (χ4n) is 0.990. The van der Waals surface area contributed by atoms with Crippen LogP contribution >= 0.6 is 0 Å². The van der Waals surface area contributed by atoms with Gasteiger partial charge in [-0.2, -0.15) is 0 Å². The third-order valence-electron chi connectivity index (χ3n) is 1.76.